The quantitative estimate of drug-likeness (QED) is 0.509. The van der Waals surface area contributed by atoms with E-state index >= 15 is 0 Å². The smallest absolute Gasteiger partial charge is 0.239 e. The molecule has 0 aromatic heterocycles. The lowest BCUT2D eigenvalue weighted by atomic mass is 10.1. The summed E-state index contributed by atoms with van der Waals surface area (Å²) in [6, 6.07) is 5.69. The van der Waals surface area contributed by atoms with Crippen LogP contribution in [0.4, 0.5) is 5.69 Å². The maximum Gasteiger partial charge on any atom is 0.239 e. The minimum atomic E-state index is -0.104. The molecule has 0 aliphatic heterocycles. The molecule has 6 heteroatoms. The van der Waals surface area contributed by atoms with Gasteiger partial charge in [0.15, 0.2) is 0 Å². The number of anilines is 1. The van der Waals surface area contributed by atoms with Gasteiger partial charge in [0.2, 0.25) is 5.91 Å². The van der Waals surface area contributed by atoms with E-state index in [1.165, 1.54) is 0 Å². The number of hydrogen-bond donors (Lipinski definition) is 3. The Labute approximate surface area is 118 Å². The predicted molar refractivity (Wildman–Crippen MR) is 80.4 cm³/mol. The molecule has 1 rings (SSSR count). The van der Waals surface area contributed by atoms with Crippen molar-refractivity contribution in [1.29, 1.82) is 0 Å². The molecule has 104 valence electrons. The predicted octanol–water partition coefficient (Wildman–Crippen LogP) is 0.804. The topological polar surface area (TPSA) is 76.4 Å². The largest absolute Gasteiger partial charge is 0.389 e. The highest BCUT2D eigenvalue weighted by Crippen LogP contribution is 2.17. The van der Waals surface area contributed by atoms with E-state index in [9.17, 15) is 4.79 Å². The van der Waals surface area contributed by atoms with Crippen LogP contribution in [0.2, 0.25) is 0 Å². The van der Waals surface area contributed by atoms with Crippen molar-refractivity contribution >= 4 is 28.8 Å². The zero-order valence-electron chi connectivity index (χ0n) is 11.2. The second-order valence-electron chi connectivity index (χ2n) is 4.11. The summed E-state index contributed by atoms with van der Waals surface area (Å²) < 4.78 is 4.85. The van der Waals surface area contributed by atoms with E-state index in [2.05, 4.69) is 10.6 Å². The molecule has 4 N–H and O–H groups in total. The molecule has 0 bridgehead atoms. The van der Waals surface area contributed by atoms with Gasteiger partial charge in [-0.05, 0) is 24.6 Å². The molecule has 1 aromatic rings. The van der Waals surface area contributed by atoms with Crippen LogP contribution < -0.4 is 16.4 Å². The van der Waals surface area contributed by atoms with E-state index in [0.717, 1.165) is 16.8 Å². The van der Waals surface area contributed by atoms with Crippen molar-refractivity contribution < 1.29 is 9.53 Å². The first-order chi connectivity index (χ1) is 9.04. The Morgan fingerprint density at radius 2 is 2.21 bits per heavy atom. The first kappa shape index (κ1) is 15.4. The molecule has 1 amide bonds. The number of ether oxygens (including phenoxy) is 1. The summed E-state index contributed by atoms with van der Waals surface area (Å²) in [5.41, 5.74) is 8.23. The van der Waals surface area contributed by atoms with Gasteiger partial charge in [-0.25, -0.2) is 0 Å². The SMILES string of the molecule is COCCNC(=O)CNc1cc(C)ccc1C(N)=S. The van der Waals surface area contributed by atoms with E-state index in [-0.39, 0.29) is 12.5 Å². The van der Waals surface area contributed by atoms with Crippen LogP contribution in [0, 0.1) is 6.92 Å². The van der Waals surface area contributed by atoms with E-state index in [1.54, 1.807) is 7.11 Å². The van der Waals surface area contributed by atoms with Crippen molar-refractivity contribution in [3.63, 3.8) is 0 Å². The summed E-state index contributed by atoms with van der Waals surface area (Å²) in [7, 11) is 1.59. The second kappa shape index (κ2) is 7.70. The lowest BCUT2D eigenvalue weighted by molar-refractivity contribution is -0.119. The number of aryl methyl sites for hydroxylation is 1. The van der Waals surface area contributed by atoms with Gasteiger partial charge in [-0.3, -0.25) is 4.79 Å². The number of hydrogen-bond acceptors (Lipinski definition) is 4. The van der Waals surface area contributed by atoms with Crippen LogP contribution in [0.25, 0.3) is 0 Å². The maximum atomic E-state index is 11.6. The monoisotopic (exact) mass is 281 g/mol. The maximum absolute atomic E-state index is 11.6. The molecule has 0 atom stereocenters. The molecule has 0 spiro atoms. The zero-order valence-corrected chi connectivity index (χ0v) is 12.0. The second-order valence-corrected chi connectivity index (χ2v) is 4.55. The van der Waals surface area contributed by atoms with E-state index in [1.807, 2.05) is 25.1 Å². The molecular formula is C13H19N3O2S. The van der Waals surface area contributed by atoms with Gasteiger partial charge < -0.3 is 21.1 Å². The molecule has 5 nitrogen and oxygen atoms in total. The molecule has 0 fully saturated rings. The van der Waals surface area contributed by atoms with Crippen molar-refractivity contribution in [3.05, 3.63) is 29.3 Å². The van der Waals surface area contributed by atoms with Gasteiger partial charge in [0.1, 0.15) is 4.99 Å². The minimum Gasteiger partial charge on any atom is -0.389 e. The molecule has 0 unspecified atom stereocenters. The Bertz CT molecular complexity index is 463. The molecule has 0 radical (unpaired) electrons. The Morgan fingerprint density at radius 3 is 2.84 bits per heavy atom. The zero-order chi connectivity index (χ0) is 14.3. The number of nitrogens with two attached hydrogens (primary N) is 1. The van der Waals surface area contributed by atoms with Gasteiger partial charge in [-0.15, -0.1) is 0 Å². The normalized spacial score (nSPS) is 10.0. The van der Waals surface area contributed by atoms with Gasteiger partial charge in [0.25, 0.3) is 0 Å². The highest BCUT2D eigenvalue weighted by molar-refractivity contribution is 7.80. The van der Waals surface area contributed by atoms with Crippen LogP contribution in [0.3, 0.4) is 0 Å². The van der Waals surface area contributed by atoms with Crippen molar-refractivity contribution in [1.82, 2.24) is 5.32 Å². The van der Waals surface area contributed by atoms with Gasteiger partial charge in [0, 0.05) is 24.9 Å². The van der Waals surface area contributed by atoms with Gasteiger partial charge in [-0.1, -0.05) is 18.3 Å². The van der Waals surface area contributed by atoms with Gasteiger partial charge in [-0.2, -0.15) is 0 Å². The van der Waals surface area contributed by atoms with Crippen molar-refractivity contribution in [2.24, 2.45) is 5.73 Å². The first-order valence-corrected chi connectivity index (χ1v) is 6.35. The Balaban J connectivity index is 2.59. The van der Waals surface area contributed by atoms with Crippen LogP contribution in [0.5, 0.6) is 0 Å². The number of methoxy groups -OCH3 is 1. The fourth-order valence-corrected chi connectivity index (χ4v) is 1.73. The number of rotatable bonds is 7. The van der Waals surface area contributed by atoms with E-state index in [0.29, 0.717) is 18.1 Å². The molecule has 0 saturated carbocycles. The van der Waals surface area contributed by atoms with E-state index in [4.69, 9.17) is 22.7 Å². The molecule has 0 saturated heterocycles. The number of nitrogens with one attached hydrogen (secondary N) is 2. The average molecular weight is 281 g/mol. The third-order valence-electron chi connectivity index (χ3n) is 2.51. The molecule has 0 aliphatic carbocycles. The Kier molecular flexibility index (Phi) is 6.24. The molecular weight excluding hydrogens is 262 g/mol. The fraction of sp³-hybridized carbons (Fsp3) is 0.385. The summed E-state index contributed by atoms with van der Waals surface area (Å²) in [6.07, 6.45) is 0. The summed E-state index contributed by atoms with van der Waals surface area (Å²) in [5.74, 6) is -0.104. The van der Waals surface area contributed by atoms with Crippen LogP contribution in [0.1, 0.15) is 11.1 Å². The number of amides is 1. The number of thiocarbonyl (C=S) groups is 1. The molecule has 1 aromatic carbocycles. The van der Waals surface area contributed by atoms with Crippen LogP contribution in [-0.4, -0.2) is 37.7 Å². The highest BCUT2D eigenvalue weighted by atomic mass is 32.1. The third-order valence-corrected chi connectivity index (χ3v) is 2.73. The third kappa shape index (κ3) is 5.23. The van der Waals surface area contributed by atoms with Crippen molar-refractivity contribution in [2.75, 3.05) is 32.1 Å². The number of carbonyl (C=O) groups excluding carboxylic acids is 1. The lowest BCUT2D eigenvalue weighted by Crippen LogP contribution is -2.32. The Hall–Kier alpha value is -1.66. The summed E-state index contributed by atoms with van der Waals surface area (Å²) in [5, 5.41) is 5.77. The average Bonchev–Trinajstić information content (AvgIpc) is 2.36. The summed E-state index contributed by atoms with van der Waals surface area (Å²) >= 11 is 4.98. The van der Waals surface area contributed by atoms with Crippen LogP contribution >= 0.6 is 12.2 Å². The van der Waals surface area contributed by atoms with Crippen LogP contribution in [0.15, 0.2) is 18.2 Å². The lowest BCUT2D eigenvalue weighted by Gasteiger charge is -2.12. The molecule has 0 aliphatic rings. The minimum absolute atomic E-state index is 0.104. The van der Waals surface area contributed by atoms with Crippen LogP contribution in [-0.2, 0) is 9.53 Å². The van der Waals surface area contributed by atoms with Gasteiger partial charge >= 0.3 is 0 Å². The number of carbonyl (C=O) groups is 1. The van der Waals surface area contributed by atoms with Crippen molar-refractivity contribution in [3.8, 4) is 0 Å². The standard InChI is InChI=1S/C13H19N3O2S/c1-9-3-4-10(13(14)19)11(7-9)16-8-12(17)15-5-6-18-2/h3-4,7,16H,5-6,8H2,1-2H3,(H2,14,19)(H,15,17). The van der Waals surface area contributed by atoms with Crippen molar-refractivity contribution in [2.45, 2.75) is 6.92 Å². The Morgan fingerprint density at radius 1 is 1.47 bits per heavy atom. The first-order valence-electron chi connectivity index (χ1n) is 5.94. The summed E-state index contributed by atoms with van der Waals surface area (Å²) in [4.78, 5) is 11.9. The summed E-state index contributed by atoms with van der Waals surface area (Å²) in [6.45, 7) is 3.12. The number of benzene rings is 1. The fourth-order valence-electron chi connectivity index (χ4n) is 1.55. The molecule has 0 heterocycles. The van der Waals surface area contributed by atoms with E-state index < -0.39 is 0 Å². The van der Waals surface area contributed by atoms with Gasteiger partial charge in [0.05, 0.1) is 13.2 Å². The molecule has 19 heavy (non-hydrogen) atoms. The highest BCUT2D eigenvalue weighted by Gasteiger charge is 2.07.